The number of aromatic amines is 1. The maximum absolute atomic E-state index is 12.6. The fourth-order valence-electron chi connectivity index (χ4n) is 2.89. The molecule has 0 fully saturated rings. The quantitative estimate of drug-likeness (QED) is 0.841. The highest BCUT2D eigenvalue weighted by atomic mass is 16.5. The zero-order chi connectivity index (χ0) is 17.3. The molecule has 24 heavy (non-hydrogen) atoms. The van der Waals surface area contributed by atoms with Crippen molar-refractivity contribution in [3.63, 3.8) is 0 Å². The average molecular weight is 326 g/mol. The fraction of sp³-hybridized carbons (Fsp3) is 0.222. The second-order valence-corrected chi connectivity index (χ2v) is 5.50. The van der Waals surface area contributed by atoms with Crippen molar-refractivity contribution >= 4 is 5.97 Å². The topological polar surface area (TPSA) is 94.4 Å². The van der Waals surface area contributed by atoms with Gasteiger partial charge in [-0.15, -0.1) is 0 Å². The number of hydrogen-bond acceptors (Lipinski definition) is 5. The van der Waals surface area contributed by atoms with Gasteiger partial charge < -0.3 is 20.2 Å². The minimum absolute atomic E-state index is 0.0418. The van der Waals surface area contributed by atoms with Crippen molar-refractivity contribution in [1.29, 1.82) is 0 Å². The third-order valence-corrected chi connectivity index (χ3v) is 3.86. The molecule has 1 aromatic heterocycles. The van der Waals surface area contributed by atoms with E-state index in [2.05, 4.69) is 4.98 Å². The smallest absolute Gasteiger partial charge is 0.340 e. The SMILES string of the molecule is CCOC(=O)C1=C(N)Oc2cc(C)[nH]c(=O)c2[C@@H]1c1ccccc1. The second kappa shape index (κ2) is 6.23. The summed E-state index contributed by atoms with van der Waals surface area (Å²) in [5.41, 5.74) is 7.60. The van der Waals surface area contributed by atoms with Gasteiger partial charge in [0.1, 0.15) is 11.3 Å². The summed E-state index contributed by atoms with van der Waals surface area (Å²) in [6.45, 7) is 3.66. The van der Waals surface area contributed by atoms with Gasteiger partial charge in [-0.1, -0.05) is 30.3 Å². The van der Waals surface area contributed by atoms with Gasteiger partial charge in [-0.25, -0.2) is 4.79 Å². The van der Waals surface area contributed by atoms with Gasteiger partial charge in [-0.05, 0) is 19.4 Å². The number of benzene rings is 1. The largest absolute Gasteiger partial charge is 0.462 e. The number of fused-ring (bicyclic) bond motifs is 1. The Morgan fingerprint density at radius 3 is 2.71 bits per heavy atom. The van der Waals surface area contributed by atoms with E-state index in [9.17, 15) is 9.59 Å². The second-order valence-electron chi connectivity index (χ2n) is 5.50. The summed E-state index contributed by atoms with van der Waals surface area (Å²) in [6.07, 6.45) is 0. The molecule has 1 aliphatic heterocycles. The van der Waals surface area contributed by atoms with E-state index < -0.39 is 11.9 Å². The summed E-state index contributed by atoms with van der Waals surface area (Å²) >= 11 is 0. The lowest BCUT2D eigenvalue weighted by molar-refractivity contribution is -0.139. The van der Waals surface area contributed by atoms with Crippen molar-refractivity contribution in [3.8, 4) is 5.75 Å². The van der Waals surface area contributed by atoms with E-state index >= 15 is 0 Å². The number of carbonyl (C=O) groups is 1. The summed E-state index contributed by atoms with van der Waals surface area (Å²) in [7, 11) is 0. The summed E-state index contributed by atoms with van der Waals surface area (Å²) in [5.74, 6) is -0.914. The maximum Gasteiger partial charge on any atom is 0.340 e. The molecule has 1 aromatic carbocycles. The fourth-order valence-corrected chi connectivity index (χ4v) is 2.89. The van der Waals surface area contributed by atoms with Gasteiger partial charge in [0.15, 0.2) is 0 Å². The van der Waals surface area contributed by atoms with Gasteiger partial charge in [-0.2, -0.15) is 0 Å². The zero-order valence-electron chi connectivity index (χ0n) is 13.5. The molecule has 6 nitrogen and oxygen atoms in total. The Labute approximate surface area is 138 Å². The Hall–Kier alpha value is -3.02. The van der Waals surface area contributed by atoms with Crippen LogP contribution in [-0.4, -0.2) is 17.6 Å². The number of H-pyrrole nitrogens is 1. The van der Waals surface area contributed by atoms with Gasteiger partial charge in [-0.3, -0.25) is 4.79 Å². The first-order valence-corrected chi connectivity index (χ1v) is 7.66. The Balaban J connectivity index is 2.26. The van der Waals surface area contributed by atoms with Crippen LogP contribution < -0.4 is 16.0 Å². The number of aromatic nitrogens is 1. The number of rotatable bonds is 3. The molecular weight excluding hydrogens is 308 g/mol. The number of nitrogens with two attached hydrogens (primary N) is 1. The van der Waals surface area contributed by atoms with Crippen molar-refractivity contribution in [2.24, 2.45) is 5.73 Å². The van der Waals surface area contributed by atoms with Crippen LogP contribution in [0.2, 0.25) is 0 Å². The van der Waals surface area contributed by atoms with Gasteiger partial charge in [0.25, 0.3) is 5.56 Å². The van der Waals surface area contributed by atoms with Crippen LogP contribution in [0.25, 0.3) is 0 Å². The number of aryl methyl sites for hydroxylation is 1. The van der Waals surface area contributed by atoms with Crippen LogP contribution >= 0.6 is 0 Å². The van der Waals surface area contributed by atoms with E-state index in [4.69, 9.17) is 15.2 Å². The summed E-state index contributed by atoms with van der Waals surface area (Å²) in [5, 5.41) is 0. The first-order chi connectivity index (χ1) is 11.5. The molecule has 124 valence electrons. The number of ether oxygens (including phenoxy) is 2. The molecule has 3 N–H and O–H groups in total. The molecule has 0 radical (unpaired) electrons. The minimum Gasteiger partial charge on any atom is -0.462 e. The Kier molecular flexibility index (Phi) is 4.12. The molecule has 0 unspecified atom stereocenters. The van der Waals surface area contributed by atoms with Crippen LogP contribution in [0.4, 0.5) is 0 Å². The van der Waals surface area contributed by atoms with Crippen LogP contribution in [0.15, 0.2) is 52.6 Å². The van der Waals surface area contributed by atoms with E-state index in [-0.39, 0.29) is 23.6 Å². The third-order valence-electron chi connectivity index (χ3n) is 3.86. The normalized spacial score (nSPS) is 16.3. The van der Waals surface area contributed by atoms with Crippen molar-refractivity contribution in [1.82, 2.24) is 4.98 Å². The summed E-state index contributed by atoms with van der Waals surface area (Å²) in [6, 6.07) is 10.9. The Morgan fingerprint density at radius 1 is 1.33 bits per heavy atom. The molecule has 0 amide bonds. The van der Waals surface area contributed by atoms with Gasteiger partial charge in [0, 0.05) is 11.8 Å². The van der Waals surface area contributed by atoms with Gasteiger partial charge in [0.2, 0.25) is 5.88 Å². The van der Waals surface area contributed by atoms with E-state index in [0.717, 1.165) is 5.56 Å². The number of esters is 1. The van der Waals surface area contributed by atoms with Gasteiger partial charge in [0.05, 0.1) is 18.1 Å². The molecule has 0 aliphatic carbocycles. The molecule has 2 heterocycles. The average Bonchev–Trinajstić information content (AvgIpc) is 2.54. The molecule has 1 atom stereocenters. The van der Waals surface area contributed by atoms with Crippen LogP contribution in [0.1, 0.15) is 29.7 Å². The molecule has 2 aromatic rings. The first kappa shape index (κ1) is 15.9. The zero-order valence-corrected chi connectivity index (χ0v) is 13.5. The van der Waals surface area contributed by atoms with Crippen molar-refractivity contribution in [2.45, 2.75) is 19.8 Å². The van der Waals surface area contributed by atoms with Crippen LogP contribution in [0, 0.1) is 6.92 Å². The number of pyridine rings is 1. The lowest BCUT2D eigenvalue weighted by atomic mass is 9.83. The van der Waals surface area contributed by atoms with Crippen LogP contribution in [0.3, 0.4) is 0 Å². The predicted octanol–water partition coefficient (Wildman–Crippen LogP) is 1.94. The molecule has 6 heteroatoms. The monoisotopic (exact) mass is 326 g/mol. The van der Waals surface area contributed by atoms with E-state index in [1.54, 1.807) is 19.9 Å². The third kappa shape index (κ3) is 2.67. The Morgan fingerprint density at radius 2 is 2.04 bits per heavy atom. The molecule has 3 rings (SSSR count). The number of carbonyl (C=O) groups excluding carboxylic acids is 1. The number of hydrogen-bond donors (Lipinski definition) is 2. The van der Waals surface area contributed by atoms with E-state index in [1.165, 1.54) is 0 Å². The molecule has 1 aliphatic rings. The lowest BCUT2D eigenvalue weighted by Gasteiger charge is -2.27. The van der Waals surface area contributed by atoms with Crippen molar-refractivity contribution in [3.05, 3.63) is 75.0 Å². The molecular formula is C18H18N2O4. The molecule has 0 bridgehead atoms. The van der Waals surface area contributed by atoms with Crippen LogP contribution in [0.5, 0.6) is 5.75 Å². The van der Waals surface area contributed by atoms with E-state index in [0.29, 0.717) is 17.0 Å². The molecule has 0 spiro atoms. The molecule has 0 saturated carbocycles. The number of nitrogens with one attached hydrogen (secondary N) is 1. The summed E-state index contributed by atoms with van der Waals surface area (Å²) < 4.78 is 10.7. The summed E-state index contributed by atoms with van der Waals surface area (Å²) in [4.78, 5) is 27.7. The van der Waals surface area contributed by atoms with Crippen LogP contribution in [-0.2, 0) is 9.53 Å². The highest BCUT2D eigenvalue weighted by Crippen LogP contribution is 2.40. The predicted molar refractivity (Wildman–Crippen MR) is 88.6 cm³/mol. The first-order valence-electron chi connectivity index (χ1n) is 7.66. The Bertz CT molecular complexity index is 868. The van der Waals surface area contributed by atoms with Crippen molar-refractivity contribution in [2.75, 3.05) is 6.61 Å². The van der Waals surface area contributed by atoms with Gasteiger partial charge >= 0.3 is 5.97 Å². The highest BCUT2D eigenvalue weighted by Gasteiger charge is 2.37. The minimum atomic E-state index is -0.640. The standard InChI is InChI=1S/C18H18N2O4/c1-3-23-18(22)15-13(11-7-5-4-6-8-11)14-12(24-16(15)19)9-10(2)20-17(14)21/h4-9,13H,3,19H2,1-2H3,(H,20,21)/t13-/m0/s1. The highest BCUT2D eigenvalue weighted by molar-refractivity contribution is 5.92. The molecule has 0 saturated heterocycles. The lowest BCUT2D eigenvalue weighted by Crippen LogP contribution is -2.32. The van der Waals surface area contributed by atoms with E-state index in [1.807, 2.05) is 30.3 Å². The maximum atomic E-state index is 12.6. The van der Waals surface area contributed by atoms with Crippen molar-refractivity contribution < 1.29 is 14.3 Å².